The molecule has 0 amide bonds. The van der Waals surface area contributed by atoms with Crippen LogP contribution in [0.5, 0.6) is 0 Å². The van der Waals surface area contributed by atoms with Crippen molar-refractivity contribution in [2.45, 2.75) is 6.18 Å². The molecular weight excluding hydrogens is 417 g/mol. The normalized spacial score (nSPS) is 15.0. The van der Waals surface area contributed by atoms with Crippen molar-refractivity contribution < 1.29 is 18.0 Å². The van der Waals surface area contributed by atoms with E-state index >= 15 is 0 Å². The zero-order chi connectivity index (χ0) is 21.9. The Kier molecular flexibility index (Phi) is 6.55. The Hall–Kier alpha value is -2.74. The molecule has 1 saturated heterocycles. The maximum absolute atomic E-state index is 12.8. The van der Waals surface area contributed by atoms with Gasteiger partial charge in [-0.1, -0.05) is 11.6 Å². The first-order valence-electron chi connectivity index (χ1n) is 9.37. The van der Waals surface area contributed by atoms with Crippen molar-refractivity contribution >= 4 is 28.9 Å². The maximum atomic E-state index is 12.8. The average Bonchev–Trinajstić information content (AvgIpc) is 2.71. The van der Waals surface area contributed by atoms with E-state index in [4.69, 9.17) is 11.6 Å². The van der Waals surface area contributed by atoms with Crippen LogP contribution in [0.4, 0.5) is 24.7 Å². The average molecular weight is 439 g/mol. The van der Waals surface area contributed by atoms with Gasteiger partial charge in [0.15, 0.2) is 5.78 Å². The molecule has 0 unspecified atom stereocenters. The molecule has 1 aliphatic rings. The van der Waals surface area contributed by atoms with Gasteiger partial charge in [0.2, 0.25) is 0 Å². The third kappa shape index (κ3) is 5.24. The summed E-state index contributed by atoms with van der Waals surface area (Å²) < 4.78 is 38.4. The van der Waals surface area contributed by atoms with Crippen LogP contribution in [0.2, 0.25) is 5.02 Å². The molecule has 30 heavy (non-hydrogen) atoms. The first-order valence-corrected chi connectivity index (χ1v) is 9.74. The van der Waals surface area contributed by atoms with E-state index in [0.29, 0.717) is 37.6 Å². The van der Waals surface area contributed by atoms with Gasteiger partial charge < -0.3 is 14.7 Å². The number of nitrogens with zero attached hydrogens (tertiary/aromatic N) is 4. The number of alkyl halides is 3. The lowest BCUT2D eigenvalue weighted by Gasteiger charge is -2.37. The van der Waals surface area contributed by atoms with Crippen LogP contribution in [-0.2, 0) is 6.18 Å². The van der Waals surface area contributed by atoms with Crippen LogP contribution in [0.25, 0.3) is 0 Å². The highest BCUT2D eigenvalue weighted by Crippen LogP contribution is 2.34. The van der Waals surface area contributed by atoms with E-state index in [2.05, 4.69) is 9.88 Å². The number of hydrogen-bond acceptors (Lipinski definition) is 5. The Morgan fingerprint density at radius 2 is 1.70 bits per heavy atom. The number of ketones is 1. The highest BCUT2D eigenvalue weighted by molar-refractivity contribution is 6.33. The number of piperazine rings is 1. The minimum absolute atomic E-state index is 0.00748. The molecule has 9 heteroatoms. The van der Waals surface area contributed by atoms with Crippen LogP contribution in [-0.4, -0.2) is 55.9 Å². The predicted molar refractivity (Wildman–Crippen MR) is 112 cm³/mol. The van der Waals surface area contributed by atoms with Crippen molar-refractivity contribution in [2.75, 3.05) is 50.1 Å². The van der Waals surface area contributed by atoms with E-state index in [1.807, 2.05) is 31.1 Å². The van der Waals surface area contributed by atoms with Gasteiger partial charge in [0.1, 0.15) is 5.82 Å². The van der Waals surface area contributed by atoms with Gasteiger partial charge in [-0.25, -0.2) is 4.98 Å². The van der Waals surface area contributed by atoms with Crippen LogP contribution in [0.15, 0.2) is 48.8 Å². The molecule has 1 aromatic heterocycles. The summed E-state index contributed by atoms with van der Waals surface area (Å²) in [7, 11) is 3.69. The molecule has 0 radical (unpaired) electrons. The lowest BCUT2D eigenvalue weighted by atomic mass is 10.1. The van der Waals surface area contributed by atoms with Gasteiger partial charge in [-0.3, -0.25) is 4.79 Å². The number of halogens is 4. The number of allylic oxidation sites excluding steroid dienone is 1. The smallest absolute Gasteiger partial charge is 0.383 e. The quantitative estimate of drug-likeness (QED) is 0.513. The Morgan fingerprint density at radius 1 is 1.10 bits per heavy atom. The fourth-order valence-electron chi connectivity index (χ4n) is 3.14. The minimum atomic E-state index is -4.47. The standard InChI is InChI=1S/C21H22ClF3N4O/c1-27(2)8-7-19(30)15-3-5-17(6-4-15)28-9-11-29(12-10-28)20-18(22)13-16(14-26-20)21(23,24)25/h3-8,13-14H,9-12H2,1-2H3/b8-7+. The highest BCUT2D eigenvalue weighted by Gasteiger charge is 2.32. The SMILES string of the molecule is CN(C)/C=C/C(=O)c1ccc(N2CCN(c3ncc(C(F)(F)F)cc3Cl)CC2)cc1. The summed E-state index contributed by atoms with van der Waals surface area (Å²) in [5.41, 5.74) is 0.732. The molecule has 0 N–H and O–H groups in total. The van der Waals surface area contributed by atoms with Gasteiger partial charge in [-0.2, -0.15) is 13.2 Å². The van der Waals surface area contributed by atoms with Crippen LogP contribution >= 0.6 is 11.6 Å². The van der Waals surface area contributed by atoms with E-state index in [1.54, 1.807) is 23.2 Å². The summed E-state index contributed by atoms with van der Waals surface area (Å²) in [6.07, 6.45) is -0.428. The van der Waals surface area contributed by atoms with E-state index < -0.39 is 11.7 Å². The monoisotopic (exact) mass is 438 g/mol. The first kappa shape index (κ1) is 22.0. The fraction of sp³-hybridized carbons (Fsp3) is 0.333. The molecule has 0 spiro atoms. The number of carbonyl (C=O) groups is 1. The largest absolute Gasteiger partial charge is 0.417 e. The summed E-state index contributed by atoms with van der Waals surface area (Å²) in [4.78, 5) is 21.9. The number of pyridine rings is 1. The molecule has 2 aromatic rings. The second-order valence-electron chi connectivity index (χ2n) is 7.19. The second kappa shape index (κ2) is 8.95. The van der Waals surface area contributed by atoms with Gasteiger partial charge in [-0.05, 0) is 30.3 Å². The van der Waals surface area contributed by atoms with Crippen molar-refractivity contribution in [3.63, 3.8) is 0 Å². The third-order valence-corrected chi connectivity index (χ3v) is 5.05. The van der Waals surface area contributed by atoms with Crippen LogP contribution in [0, 0.1) is 0 Å². The topological polar surface area (TPSA) is 39.7 Å². The first-order chi connectivity index (χ1) is 14.1. The highest BCUT2D eigenvalue weighted by atomic mass is 35.5. The number of benzene rings is 1. The molecule has 1 fully saturated rings. The van der Waals surface area contributed by atoms with Crippen molar-refractivity contribution in [3.8, 4) is 0 Å². The number of aromatic nitrogens is 1. The molecule has 160 valence electrons. The van der Waals surface area contributed by atoms with Gasteiger partial charge in [0, 0.05) is 70.0 Å². The Bertz CT molecular complexity index is 921. The number of carbonyl (C=O) groups excluding carboxylic acids is 1. The van der Waals surface area contributed by atoms with Crippen LogP contribution < -0.4 is 9.80 Å². The Balaban J connectivity index is 1.62. The Morgan fingerprint density at radius 3 is 2.23 bits per heavy atom. The molecule has 1 aliphatic heterocycles. The zero-order valence-electron chi connectivity index (χ0n) is 16.7. The third-order valence-electron chi connectivity index (χ3n) is 4.77. The number of anilines is 2. The second-order valence-corrected chi connectivity index (χ2v) is 7.60. The minimum Gasteiger partial charge on any atom is -0.383 e. The molecule has 3 rings (SSSR count). The molecule has 1 aromatic carbocycles. The molecule has 0 aliphatic carbocycles. The molecule has 0 bridgehead atoms. The molecule has 0 saturated carbocycles. The predicted octanol–water partition coefficient (Wildman–Crippen LogP) is 4.34. The summed E-state index contributed by atoms with van der Waals surface area (Å²) in [6.45, 7) is 2.47. The Labute approximate surface area is 178 Å². The number of rotatable bonds is 5. The summed E-state index contributed by atoms with van der Waals surface area (Å²) >= 11 is 6.06. The lowest BCUT2D eigenvalue weighted by Crippen LogP contribution is -2.47. The molecule has 0 atom stereocenters. The zero-order valence-corrected chi connectivity index (χ0v) is 17.4. The van der Waals surface area contributed by atoms with Gasteiger partial charge in [0.25, 0.3) is 0 Å². The molecule has 5 nitrogen and oxygen atoms in total. The number of hydrogen-bond donors (Lipinski definition) is 0. The molecule has 2 heterocycles. The summed E-state index contributed by atoms with van der Waals surface area (Å²) in [5.74, 6) is 0.293. The molecular formula is C21H22ClF3N4O. The van der Waals surface area contributed by atoms with E-state index in [9.17, 15) is 18.0 Å². The van der Waals surface area contributed by atoms with Crippen molar-refractivity contribution in [2.24, 2.45) is 0 Å². The van der Waals surface area contributed by atoms with E-state index in [0.717, 1.165) is 18.0 Å². The van der Waals surface area contributed by atoms with Crippen LogP contribution in [0.1, 0.15) is 15.9 Å². The maximum Gasteiger partial charge on any atom is 0.417 e. The van der Waals surface area contributed by atoms with Crippen LogP contribution in [0.3, 0.4) is 0 Å². The van der Waals surface area contributed by atoms with Crippen molar-refractivity contribution in [1.29, 1.82) is 0 Å². The van der Waals surface area contributed by atoms with Gasteiger partial charge in [0.05, 0.1) is 10.6 Å². The van der Waals surface area contributed by atoms with E-state index in [1.165, 1.54) is 6.08 Å². The summed E-state index contributed by atoms with van der Waals surface area (Å²) in [6, 6.07) is 8.29. The van der Waals surface area contributed by atoms with Gasteiger partial charge in [-0.15, -0.1) is 0 Å². The van der Waals surface area contributed by atoms with Crippen molar-refractivity contribution in [3.05, 3.63) is 65.0 Å². The van der Waals surface area contributed by atoms with Crippen molar-refractivity contribution in [1.82, 2.24) is 9.88 Å². The summed E-state index contributed by atoms with van der Waals surface area (Å²) in [5, 5.41) is -0.00748. The lowest BCUT2D eigenvalue weighted by molar-refractivity contribution is -0.137. The van der Waals surface area contributed by atoms with E-state index in [-0.39, 0.29) is 10.8 Å². The fourth-order valence-corrected chi connectivity index (χ4v) is 3.43. The van der Waals surface area contributed by atoms with Gasteiger partial charge >= 0.3 is 6.18 Å².